The van der Waals surface area contributed by atoms with Crippen molar-refractivity contribution in [2.24, 2.45) is 11.3 Å². The van der Waals surface area contributed by atoms with Gasteiger partial charge in [-0.25, -0.2) is 4.79 Å². The van der Waals surface area contributed by atoms with Gasteiger partial charge in [0.2, 0.25) is 5.91 Å². The van der Waals surface area contributed by atoms with Crippen molar-refractivity contribution in [3.05, 3.63) is 35.4 Å². The van der Waals surface area contributed by atoms with E-state index >= 15 is 0 Å². The molecule has 1 saturated carbocycles. The zero-order chi connectivity index (χ0) is 24.7. The van der Waals surface area contributed by atoms with Gasteiger partial charge in [0.05, 0.1) is 0 Å². The minimum absolute atomic E-state index is 0.0218. The molecule has 1 aromatic carbocycles. The number of rotatable bonds is 5. The van der Waals surface area contributed by atoms with Crippen molar-refractivity contribution >= 4 is 17.8 Å². The molecule has 0 radical (unpaired) electrons. The van der Waals surface area contributed by atoms with Gasteiger partial charge >= 0.3 is 6.03 Å². The number of nitrogens with one attached hydrogen (secondary N) is 1. The van der Waals surface area contributed by atoms with Gasteiger partial charge in [0, 0.05) is 32.7 Å². The first kappa shape index (κ1) is 24.7. The van der Waals surface area contributed by atoms with E-state index < -0.39 is 11.6 Å². The maximum absolute atomic E-state index is 13.3. The third-order valence-corrected chi connectivity index (χ3v) is 7.70. The molecule has 4 amide bonds. The van der Waals surface area contributed by atoms with Crippen LogP contribution in [0.25, 0.3) is 0 Å². The third kappa shape index (κ3) is 5.14. The SMILES string of the molecule is CC1CC(C)(C)CC2(C1)NC(=O)N(CC(=O)N1CCN(Cc3ccc(C(C)C)cc3)CC1)C2=O. The molecule has 1 spiro atoms. The first-order chi connectivity index (χ1) is 16.0. The Labute approximate surface area is 203 Å². The molecule has 7 heteroatoms. The second kappa shape index (κ2) is 9.33. The van der Waals surface area contributed by atoms with E-state index in [1.807, 2.05) is 0 Å². The fraction of sp³-hybridized carbons (Fsp3) is 0.667. The van der Waals surface area contributed by atoms with Gasteiger partial charge in [-0.2, -0.15) is 0 Å². The van der Waals surface area contributed by atoms with E-state index in [4.69, 9.17) is 0 Å². The molecular formula is C27H40N4O3. The van der Waals surface area contributed by atoms with Gasteiger partial charge in [0.15, 0.2) is 0 Å². The zero-order valence-corrected chi connectivity index (χ0v) is 21.4. The Kier molecular flexibility index (Phi) is 6.78. The Hall–Kier alpha value is -2.41. The molecule has 1 N–H and O–H groups in total. The summed E-state index contributed by atoms with van der Waals surface area (Å²) in [5, 5.41) is 2.97. The second-order valence-corrected chi connectivity index (χ2v) is 11.8. The van der Waals surface area contributed by atoms with E-state index in [0.29, 0.717) is 37.8 Å². The molecule has 2 unspecified atom stereocenters. The van der Waals surface area contributed by atoms with Crippen LogP contribution in [-0.4, -0.2) is 70.8 Å². The van der Waals surface area contributed by atoms with Crippen LogP contribution >= 0.6 is 0 Å². The van der Waals surface area contributed by atoms with Gasteiger partial charge in [-0.15, -0.1) is 0 Å². The van der Waals surface area contributed by atoms with Gasteiger partial charge in [-0.3, -0.25) is 19.4 Å². The maximum Gasteiger partial charge on any atom is 0.325 e. The standard InChI is InChI=1S/C27H40N4O3/c1-19(2)22-8-6-21(7-9-22)16-29-10-12-30(13-11-29)23(32)17-31-24(33)27(28-25(31)34)15-20(3)14-26(4,5)18-27/h6-9,19-20H,10-18H2,1-5H3,(H,28,34). The Bertz CT molecular complexity index is 934. The van der Waals surface area contributed by atoms with E-state index in [1.165, 1.54) is 11.1 Å². The third-order valence-electron chi connectivity index (χ3n) is 7.70. The summed E-state index contributed by atoms with van der Waals surface area (Å²) in [6.07, 6.45) is 2.29. The molecule has 4 rings (SSSR count). The largest absolute Gasteiger partial charge is 0.339 e. The molecule has 2 aliphatic heterocycles. The number of hydrogen-bond donors (Lipinski definition) is 1. The van der Waals surface area contributed by atoms with E-state index in [-0.39, 0.29) is 23.8 Å². The van der Waals surface area contributed by atoms with Crippen LogP contribution in [-0.2, 0) is 16.1 Å². The zero-order valence-electron chi connectivity index (χ0n) is 21.4. The van der Waals surface area contributed by atoms with Crippen molar-refractivity contribution < 1.29 is 14.4 Å². The van der Waals surface area contributed by atoms with Crippen LogP contribution in [0.2, 0.25) is 0 Å². The lowest BCUT2D eigenvalue weighted by molar-refractivity contribution is -0.141. The molecule has 186 valence electrons. The smallest absolute Gasteiger partial charge is 0.325 e. The highest BCUT2D eigenvalue weighted by molar-refractivity contribution is 6.09. The van der Waals surface area contributed by atoms with E-state index in [2.05, 4.69) is 69.1 Å². The van der Waals surface area contributed by atoms with E-state index in [1.54, 1.807) is 4.90 Å². The van der Waals surface area contributed by atoms with Crippen LogP contribution in [0.15, 0.2) is 24.3 Å². The summed E-state index contributed by atoms with van der Waals surface area (Å²) < 4.78 is 0. The first-order valence-corrected chi connectivity index (χ1v) is 12.7. The number of benzene rings is 1. The van der Waals surface area contributed by atoms with Crippen molar-refractivity contribution in [2.75, 3.05) is 32.7 Å². The van der Waals surface area contributed by atoms with Gasteiger partial charge in [0.1, 0.15) is 12.1 Å². The highest BCUT2D eigenvalue weighted by Crippen LogP contribution is 2.46. The average Bonchev–Trinajstić information content (AvgIpc) is 2.96. The van der Waals surface area contributed by atoms with Crippen molar-refractivity contribution in [1.29, 1.82) is 0 Å². The second-order valence-electron chi connectivity index (χ2n) is 11.8. The summed E-state index contributed by atoms with van der Waals surface area (Å²) in [7, 11) is 0. The van der Waals surface area contributed by atoms with Crippen molar-refractivity contribution in [1.82, 2.24) is 20.0 Å². The lowest BCUT2D eigenvalue weighted by atomic mass is 9.64. The van der Waals surface area contributed by atoms with Crippen LogP contribution in [0.5, 0.6) is 0 Å². The summed E-state index contributed by atoms with van der Waals surface area (Å²) >= 11 is 0. The molecule has 34 heavy (non-hydrogen) atoms. The lowest BCUT2D eigenvalue weighted by Gasteiger charge is -2.43. The summed E-state index contributed by atoms with van der Waals surface area (Å²) in [5.41, 5.74) is 1.74. The minimum atomic E-state index is -0.859. The predicted molar refractivity (Wildman–Crippen MR) is 132 cm³/mol. The molecule has 1 aliphatic carbocycles. The van der Waals surface area contributed by atoms with Crippen molar-refractivity contribution in [3.63, 3.8) is 0 Å². The molecule has 2 heterocycles. The highest BCUT2D eigenvalue weighted by Gasteiger charge is 2.56. The van der Waals surface area contributed by atoms with Gasteiger partial charge in [-0.05, 0) is 47.6 Å². The molecule has 1 aromatic rings. The number of carbonyl (C=O) groups is 3. The minimum Gasteiger partial charge on any atom is -0.339 e. The number of carbonyl (C=O) groups excluding carboxylic acids is 3. The molecular weight excluding hydrogens is 428 g/mol. The number of imide groups is 1. The van der Waals surface area contributed by atoms with Crippen LogP contribution in [0.1, 0.15) is 70.9 Å². The molecule has 3 aliphatic rings. The number of piperazine rings is 1. The fourth-order valence-electron chi connectivity index (χ4n) is 6.31. The Morgan fingerprint density at radius 3 is 2.29 bits per heavy atom. The number of nitrogens with zero attached hydrogens (tertiary/aromatic N) is 3. The molecule has 0 aromatic heterocycles. The number of hydrogen-bond acceptors (Lipinski definition) is 4. The van der Waals surface area contributed by atoms with Crippen LogP contribution in [0, 0.1) is 11.3 Å². The van der Waals surface area contributed by atoms with Gasteiger partial charge < -0.3 is 10.2 Å². The van der Waals surface area contributed by atoms with Crippen molar-refractivity contribution in [2.45, 2.75) is 71.9 Å². The van der Waals surface area contributed by atoms with Crippen LogP contribution in [0.4, 0.5) is 4.79 Å². The van der Waals surface area contributed by atoms with Crippen LogP contribution in [0.3, 0.4) is 0 Å². The quantitative estimate of drug-likeness (QED) is 0.671. The van der Waals surface area contributed by atoms with Crippen LogP contribution < -0.4 is 5.32 Å². The molecule has 2 saturated heterocycles. The predicted octanol–water partition coefficient (Wildman–Crippen LogP) is 3.59. The van der Waals surface area contributed by atoms with E-state index in [9.17, 15) is 14.4 Å². The summed E-state index contributed by atoms with van der Waals surface area (Å²) in [4.78, 5) is 44.4. The van der Waals surface area contributed by atoms with Gasteiger partial charge in [-0.1, -0.05) is 58.9 Å². The number of urea groups is 1. The monoisotopic (exact) mass is 468 g/mol. The summed E-state index contributed by atoms with van der Waals surface area (Å²) in [6, 6.07) is 8.34. The number of amides is 4. The summed E-state index contributed by atoms with van der Waals surface area (Å²) in [6.45, 7) is 14.3. The Morgan fingerprint density at radius 2 is 1.71 bits per heavy atom. The Morgan fingerprint density at radius 1 is 1.06 bits per heavy atom. The van der Waals surface area contributed by atoms with Crippen molar-refractivity contribution in [3.8, 4) is 0 Å². The van der Waals surface area contributed by atoms with E-state index in [0.717, 1.165) is 31.0 Å². The molecule has 3 fully saturated rings. The highest BCUT2D eigenvalue weighted by atomic mass is 16.2. The topological polar surface area (TPSA) is 73.0 Å². The Balaban J connectivity index is 1.31. The fourth-order valence-corrected chi connectivity index (χ4v) is 6.31. The maximum atomic E-state index is 13.3. The summed E-state index contributed by atoms with van der Waals surface area (Å²) in [5.74, 6) is 0.493. The lowest BCUT2D eigenvalue weighted by Crippen LogP contribution is -2.55. The molecule has 7 nitrogen and oxygen atoms in total. The first-order valence-electron chi connectivity index (χ1n) is 12.7. The average molecular weight is 469 g/mol. The van der Waals surface area contributed by atoms with Gasteiger partial charge in [0.25, 0.3) is 5.91 Å². The molecule has 2 atom stereocenters. The molecule has 0 bridgehead atoms. The normalized spacial score (nSPS) is 27.5.